The average Bonchev–Trinajstić information content (AvgIpc) is 3.26. The molecule has 0 aliphatic rings. The number of aromatic amines is 1. The van der Waals surface area contributed by atoms with Crippen molar-refractivity contribution in [2.45, 2.75) is 37.2 Å². The molecule has 0 spiro atoms. The summed E-state index contributed by atoms with van der Waals surface area (Å²) in [4.78, 5) is 28.0. The number of rotatable bonds is 9. The van der Waals surface area contributed by atoms with Gasteiger partial charge in [0.15, 0.2) is 5.16 Å². The number of benzene rings is 2. The number of aromatic nitrogens is 3. The number of hydrogen-bond acceptors (Lipinski definition) is 5. The number of carbonyl (C=O) groups is 2. The van der Waals surface area contributed by atoms with Crippen molar-refractivity contribution in [3.63, 3.8) is 0 Å². The molecule has 0 saturated carbocycles. The van der Waals surface area contributed by atoms with E-state index in [2.05, 4.69) is 25.8 Å². The molecular formula is C21H23N5O2S. The van der Waals surface area contributed by atoms with Gasteiger partial charge >= 0.3 is 0 Å². The van der Waals surface area contributed by atoms with Gasteiger partial charge in [0, 0.05) is 30.0 Å². The molecule has 0 aliphatic heterocycles. The molecule has 7 nitrogen and oxygen atoms in total. The van der Waals surface area contributed by atoms with Gasteiger partial charge in [-0.2, -0.15) is 5.10 Å². The van der Waals surface area contributed by atoms with E-state index in [-0.39, 0.29) is 11.8 Å². The molecule has 29 heavy (non-hydrogen) atoms. The maximum Gasteiger partial charge on any atom is 0.251 e. The van der Waals surface area contributed by atoms with Crippen molar-refractivity contribution < 1.29 is 9.59 Å². The highest BCUT2D eigenvalue weighted by Gasteiger charge is 2.07. The van der Waals surface area contributed by atoms with Crippen LogP contribution in [0.4, 0.5) is 5.69 Å². The van der Waals surface area contributed by atoms with Gasteiger partial charge in [0.1, 0.15) is 6.33 Å². The van der Waals surface area contributed by atoms with Crippen molar-refractivity contribution >= 4 is 29.3 Å². The first kappa shape index (κ1) is 20.6. The fourth-order valence-electron chi connectivity index (χ4n) is 2.61. The lowest BCUT2D eigenvalue weighted by atomic mass is 10.1. The van der Waals surface area contributed by atoms with Crippen molar-refractivity contribution in [3.8, 4) is 0 Å². The van der Waals surface area contributed by atoms with E-state index >= 15 is 0 Å². The van der Waals surface area contributed by atoms with Crippen LogP contribution in [0.15, 0.2) is 60.0 Å². The standard InChI is InChI=1S/C21H23N5O2S/c1-2-3-19(27)25-18-10-6-15(7-11-18)12-22-20(28)17-8-4-16(5-9-17)13-29-21-23-14-24-26-21/h4-11,14H,2-3,12-13H2,1H3,(H,22,28)(H,25,27)(H,23,24,26). The van der Waals surface area contributed by atoms with Crippen LogP contribution in [0.1, 0.15) is 41.3 Å². The van der Waals surface area contributed by atoms with Crippen LogP contribution in [0, 0.1) is 0 Å². The van der Waals surface area contributed by atoms with Crippen LogP contribution in [-0.2, 0) is 17.1 Å². The third kappa shape index (κ3) is 6.46. The Kier molecular flexibility index (Phi) is 7.40. The Balaban J connectivity index is 1.46. The quantitative estimate of drug-likeness (QED) is 0.467. The van der Waals surface area contributed by atoms with Gasteiger partial charge in [0.25, 0.3) is 5.91 Å². The summed E-state index contributed by atoms with van der Waals surface area (Å²) in [5.74, 6) is 0.633. The second-order valence-corrected chi connectivity index (χ2v) is 7.42. The molecule has 0 unspecified atom stereocenters. The Morgan fingerprint density at radius 3 is 2.41 bits per heavy atom. The van der Waals surface area contributed by atoms with Crippen LogP contribution in [0.25, 0.3) is 0 Å². The normalized spacial score (nSPS) is 10.5. The lowest BCUT2D eigenvalue weighted by Gasteiger charge is -2.08. The van der Waals surface area contributed by atoms with Gasteiger partial charge in [-0.05, 0) is 41.8 Å². The molecule has 150 valence electrons. The molecule has 1 aromatic heterocycles. The molecule has 2 aromatic carbocycles. The van der Waals surface area contributed by atoms with E-state index in [1.165, 1.54) is 6.33 Å². The Morgan fingerprint density at radius 2 is 1.76 bits per heavy atom. The molecule has 0 saturated heterocycles. The smallest absolute Gasteiger partial charge is 0.251 e. The van der Waals surface area contributed by atoms with E-state index in [1.807, 2.05) is 55.5 Å². The topological polar surface area (TPSA) is 99.8 Å². The Bertz CT molecular complexity index is 925. The van der Waals surface area contributed by atoms with Gasteiger partial charge in [0.2, 0.25) is 5.91 Å². The van der Waals surface area contributed by atoms with Crippen LogP contribution < -0.4 is 10.6 Å². The average molecular weight is 410 g/mol. The van der Waals surface area contributed by atoms with E-state index in [0.717, 1.165) is 34.1 Å². The molecule has 0 aliphatic carbocycles. The van der Waals surface area contributed by atoms with Crippen LogP contribution in [0.2, 0.25) is 0 Å². The van der Waals surface area contributed by atoms with Gasteiger partial charge in [0.05, 0.1) is 0 Å². The molecule has 0 atom stereocenters. The summed E-state index contributed by atoms with van der Waals surface area (Å²) < 4.78 is 0. The summed E-state index contributed by atoms with van der Waals surface area (Å²) in [5.41, 5.74) is 3.44. The largest absolute Gasteiger partial charge is 0.348 e. The number of hydrogen-bond donors (Lipinski definition) is 3. The molecule has 0 radical (unpaired) electrons. The summed E-state index contributed by atoms with van der Waals surface area (Å²) in [6.45, 7) is 2.39. The second-order valence-electron chi connectivity index (χ2n) is 6.45. The summed E-state index contributed by atoms with van der Waals surface area (Å²) in [6, 6.07) is 15.0. The first-order valence-electron chi connectivity index (χ1n) is 9.38. The third-order valence-electron chi connectivity index (χ3n) is 4.15. The molecule has 8 heteroatoms. The minimum absolute atomic E-state index is 0.0104. The lowest BCUT2D eigenvalue weighted by Crippen LogP contribution is -2.22. The minimum Gasteiger partial charge on any atom is -0.348 e. The zero-order valence-corrected chi connectivity index (χ0v) is 17.0. The van der Waals surface area contributed by atoms with Crippen molar-refractivity contribution in [2.24, 2.45) is 0 Å². The minimum atomic E-state index is -0.125. The fraction of sp³-hybridized carbons (Fsp3) is 0.238. The SMILES string of the molecule is CCCC(=O)Nc1ccc(CNC(=O)c2ccc(CSc3ncn[nH]3)cc2)cc1. The molecular weight excluding hydrogens is 386 g/mol. The lowest BCUT2D eigenvalue weighted by molar-refractivity contribution is -0.116. The highest BCUT2D eigenvalue weighted by atomic mass is 32.2. The second kappa shape index (κ2) is 10.4. The fourth-order valence-corrected chi connectivity index (χ4v) is 3.34. The molecule has 0 bridgehead atoms. The van der Waals surface area contributed by atoms with Crippen LogP contribution >= 0.6 is 11.8 Å². The summed E-state index contributed by atoms with van der Waals surface area (Å²) in [6.07, 6.45) is 2.80. The first-order valence-corrected chi connectivity index (χ1v) is 10.4. The Labute approximate surface area is 173 Å². The van der Waals surface area contributed by atoms with Gasteiger partial charge in [-0.25, -0.2) is 4.98 Å². The number of amides is 2. The Morgan fingerprint density at radius 1 is 1.03 bits per heavy atom. The van der Waals surface area contributed by atoms with Crippen LogP contribution in [-0.4, -0.2) is 27.0 Å². The van der Waals surface area contributed by atoms with E-state index in [0.29, 0.717) is 18.5 Å². The Hall–Kier alpha value is -3.13. The highest BCUT2D eigenvalue weighted by molar-refractivity contribution is 7.98. The van der Waals surface area contributed by atoms with Crippen molar-refractivity contribution in [1.29, 1.82) is 0 Å². The first-order chi connectivity index (χ1) is 14.1. The summed E-state index contributed by atoms with van der Waals surface area (Å²) in [7, 11) is 0. The zero-order valence-electron chi connectivity index (χ0n) is 16.1. The maximum absolute atomic E-state index is 12.4. The van der Waals surface area contributed by atoms with Gasteiger partial charge in [-0.15, -0.1) is 0 Å². The monoisotopic (exact) mass is 409 g/mol. The summed E-state index contributed by atoms with van der Waals surface area (Å²) >= 11 is 1.55. The van der Waals surface area contributed by atoms with Crippen molar-refractivity contribution in [3.05, 3.63) is 71.5 Å². The van der Waals surface area contributed by atoms with Gasteiger partial charge < -0.3 is 10.6 Å². The predicted octanol–water partition coefficient (Wildman–Crippen LogP) is 3.77. The number of carbonyl (C=O) groups excluding carboxylic acids is 2. The zero-order chi connectivity index (χ0) is 20.5. The molecule has 1 heterocycles. The van der Waals surface area contributed by atoms with Gasteiger partial charge in [-0.3, -0.25) is 14.7 Å². The molecule has 3 N–H and O–H groups in total. The number of H-pyrrole nitrogens is 1. The molecule has 3 aromatic rings. The van der Waals surface area contributed by atoms with E-state index in [1.54, 1.807) is 11.8 Å². The number of nitrogens with one attached hydrogen (secondary N) is 3. The van der Waals surface area contributed by atoms with Crippen LogP contribution in [0.5, 0.6) is 0 Å². The van der Waals surface area contributed by atoms with E-state index in [9.17, 15) is 9.59 Å². The highest BCUT2D eigenvalue weighted by Crippen LogP contribution is 2.18. The maximum atomic E-state index is 12.4. The molecule has 0 fully saturated rings. The molecule has 2 amide bonds. The van der Waals surface area contributed by atoms with E-state index in [4.69, 9.17) is 0 Å². The number of nitrogens with zero attached hydrogens (tertiary/aromatic N) is 2. The van der Waals surface area contributed by atoms with Gasteiger partial charge in [-0.1, -0.05) is 43.0 Å². The number of anilines is 1. The third-order valence-corrected chi connectivity index (χ3v) is 5.10. The number of thioether (sulfide) groups is 1. The predicted molar refractivity (Wildman–Crippen MR) is 114 cm³/mol. The van der Waals surface area contributed by atoms with Crippen LogP contribution in [0.3, 0.4) is 0 Å². The summed E-state index contributed by atoms with van der Waals surface area (Å²) in [5, 5.41) is 13.1. The van der Waals surface area contributed by atoms with Crippen molar-refractivity contribution in [2.75, 3.05) is 5.32 Å². The molecule has 3 rings (SSSR count). The van der Waals surface area contributed by atoms with Crippen molar-refractivity contribution in [1.82, 2.24) is 20.5 Å². The van der Waals surface area contributed by atoms with E-state index < -0.39 is 0 Å².